The highest BCUT2D eigenvalue weighted by Gasteiger charge is 2.20. The van der Waals surface area contributed by atoms with Crippen LogP contribution in [0.15, 0.2) is 30.5 Å². The lowest BCUT2D eigenvalue weighted by Gasteiger charge is -2.05. The van der Waals surface area contributed by atoms with E-state index in [2.05, 4.69) is 0 Å². The SMILES string of the molecule is COC(=O)c1c(-c2ccc(Cl)cc2)cn(CCO)c1C. The minimum absolute atomic E-state index is 0.0101. The van der Waals surface area contributed by atoms with E-state index in [9.17, 15) is 4.79 Å². The van der Waals surface area contributed by atoms with E-state index in [1.807, 2.05) is 29.8 Å². The van der Waals surface area contributed by atoms with Crippen molar-refractivity contribution in [3.8, 4) is 11.1 Å². The van der Waals surface area contributed by atoms with Crippen molar-refractivity contribution in [1.82, 2.24) is 4.57 Å². The summed E-state index contributed by atoms with van der Waals surface area (Å²) in [5.41, 5.74) is 2.95. The molecule has 0 aliphatic carbocycles. The molecule has 20 heavy (non-hydrogen) atoms. The Bertz CT molecular complexity index is 617. The van der Waals surface area contributed by atoms with Gasteiger partial charge in [0.2, 0.25) is 0 Å². The van der Waals surface area contributed by atoms with Crippen LogP contribution < -0.4 is 0 Å². The van der Waals surface area contributed by atoms with Gasteiger partial charge < -0.3 is 14.4 Å². The van der Waals surface area contributed by atoms with Crippen molar-refractivity contribution in [2.45, 2.75) is 13.5 Å². The van der Waals surface area contributed by atoms with Crippen LogP contribution in [-0.4, -0.2) is 29.4 Å². The molecule has 5 heteroatoms. The van der Waals surface area contributed by atoms with E-state index in [4.69, 9.17) is 21.4 Å². The van der Waals surface area contributed by atoms with E-state index in [1.165, 1.54) is 7.11 Å². The smallest absolute Gasteiger partial charge is 0.340 e. The van der Waals surface area contributed by atoms with Gasteiger partial charge >= 0.3 is 5.97 Å². The molecular weight excluding hydrogens is 278 g/mol. The van der Waals surface area contributed by atoms with Crippen LogP contribution in [0.1, 0.15) is 16.1 Å². The topological polar surface area (TPSA) is 51.5 Å². The standard InChI is InChI=1S/C15H16ClNO3/c1-10-14(15(19)20-2)13(9-17(10)7-8-18)11-3-5-12(16)6-4-11/h3-6,9,18H,7-8H2,1-2H3. The maximum atomic E-state index is 12.0. The third-order valence-electron chi connectivity index (χ3n) is 3.23. The molecule has 2 aromatic rings. The molecule has 0 fully saturated rings. The lowest BCUT2D eigenvalue weighted by molar-refractivity contribution is 0.0600. The van der Waals surface area contributed by atoms with Gasteiger partial charge in [0.05, 0.1) is 19.3 Å². The van der Waals surface area contributed by atoms with Crippen LogP contribution in [0.4, 0.5) is 0 Å². The number of hydrogen-bond acceptors (Lipinski definition) is 3. The van der Waals surface area contributed by atoms with E-state index in [1.54, 1.807) is 12.1 Å². The maximum absolute atomic E-state index is 12.0. The number of nitrogens with zero attached hydrogens (tertiary/aromatic N) is 1. The molecule has 0 bridgehead atoms. The third kappa shape index (κ3) is 2.71. The summed E-state index contributed by atoms with van der Waals surface area (Å²) in [6.07, 6.45) is 1.85. The van der Waals surface area contributed by atoms with Gasteiger partial charge in [-0.1, -0.05) is 23.7 Å². The molecular formula is C15H16ClNO3. The minimum Gasteiger partial charge on any atom is -0.465 e. The van der Waals surface area contributed by atoms with Crippen LogP contribution in [0.2, 0.25) is 5.02 Å². The molecule has 4 nitrogen and oxygen atoms in total. The van der Waals surface area contributed by atoms with Gasteiger partial charge in [0.15, 0.2) is 0 Å². The number of benzene rings is 1. The van der Waals surface area contributed by atoms with E-state index >= 15 is 0 Å². The Morgan fingerprint density at radius 1 is 1.35 bits per heavy atom. The Morgan fingerprint density at radius 3 is 2.55 bits per heavy atom. The zero-order chi connectivity index (χ0) is 14.7. The number of aliphatic hydroxyl groups excluding tert-OH is 1. The zero-order valence-corrected chi connectivity index (χ0v) is 12.1. The molecule has 1 N–H and O–H groups in total. The highest BCUT2D eigenvalue weighted by atomic mass is 35.5. The number of rotatable bonds is 4. The number of esters is 1. The highest BCUT2D eigenvalue weighted by Crippen LogP contribution is 2.29. The van der Waals surface area contributed by atoms with Crippen molar-refractivity contribution in [2.24, 2.45) is 0 Å². The number of halogens is 1. The lowest BCUT2D eigenvalue weighted by atomic mass is 10.0. The number of methoxy groups -OCH3 is 1. The van der Waals surface area contributed by atoms with Gasteiger partial charge in [0.25, 0.3) is 0 Å². The second-order valence-corrected chi connectivity index (χ2v) is 4.86. The van der Waals surface area contributed by atoms with Crippen molar-refractivity contribution in [1.29, 1.82) is 0 Å². The molecule has 0 atom stereocenters. The Balaban J connectivity index is 2.58. The number of hydrogen-bond donors (Lipinski definition) is 1. The summed E-state index contributed by atoms with van der Waals surface area (Å²) in [5.74, 6) is -0.385. The van der Waals surface area contributed by atoms with Crippen LogP contribution in [0.25, 0.3) is 11.1 Å². The van der Waals surface area contributed by atoms with Crippen molar-refractivity contribution in [3.05, 3.63) is 46.7 Å². The van der Waals surface area contributed by atoms with Gasteiger partial charge in [-0.15, -0.1) is 0 Å². The molecule has 1 aromatic carbocycles. The summed E-state index contributed by atoms with van der Waals surface area (Å²) >= 11 is 5.89. The second kappa shape index (κ2) is 6.11. The molecule has 0 radical (unpaired) electrons. The lowest BCUT2D eigenvalue weighted by Crippen LogP contribution is -2.07. The van der Waals surface area contributed by atoms with Crippen LogP contribution in [0.3, 0.4) is 0 Å². The van der Waals surface area contributed by atoms with Gasteiger partial charge in [0.1, 0.15) is 0 Å². The van der Waals surface area contributed by atoms with Crippen molar-refractivity contribution in [2.75, 3.05) is 13.7 Å². The molecule has 106 valence electrons. The summed E-state index contributed by atoms with van der Waals surface area (Å²) in [5, 5.41) is 9.73. The summed E-state index contributed by atoms with van der Waals surface area (Å²) in [4.78, 5) is 12.0. The molecule has 0 saturated carbocycles. The minimum atomic E-state index is -0.385. The fourth-order valence-electron chi connectivity index (χ4n) is 2.20. The van der Waals surface area contributed by atoms with E-state index in [-0.39, 0.29) is 12.6 Å². The van der Waals surface area contributed by atoms with Gasteiger partial charge in [-0.05, 0) is 24.6 Å². The molecule has 0 unspecified atom stereocenters. The van der Waals surface area contributed by atoms with E-state index in [0.717, 1.165) is 16.8 Å². The first kappa shape index (κ1) is 14.6. The predicted molar refractivity (Wildman–Crippen MR) is 78.0 cm³/mol. The number of carbonyl (C=O) groups is 1. The third-order valence-corrected chi connectivity index (χ3v) is 3.48. The summed E-state index contributed by atoms with van der Waals surface area (Å²) in [6.45, 7) is 2.28. The first-order valence-corrected chi connectivity index (χ1v) is 6.61. The number of aliphatic hydroxyl groups is 1. The Labute approximate surface area is 122 Å². The van der Waals surface area contributed by atoms with E-state index < -0.39 is 0 Å². The van der Waals surface area contributed by atoms with Gasteiger partial charge in [-0.25, -0.2) is 4.79 Å². The molecule has 0 saturated heterocycles. The fourth-order valence-corrected chi connectivity index (χ4v) is 2.33. The van der Waals surface area contributed by atoms with Crippen LogP contribution in [0.5, 0.6) is 0 Å². The summed E-state index contributed by atoms with van der Waals surface area (Å²) < 4.78 is 6.70. The highest BCUT2D eigenvalue weighted by molar-refractivity contribution is 6.30. The summed E-state index contributed by atoms with van der Waals surface area (Å²) in [6, 6.07) is 7.26. The van der Waals surface area contributed by atoms with Gasteiger partial charge in [-0.2, -0.15) is 0 Å². The van der Waals surface area contributed by atoms with Crippen LogP contribution >= 0.6 is 11.6 Å². The summed E-state index contributed by atoms with van der Waals surface area (Å²) in [7, 11) is 1.36. The van der Waals surface area contributed by atoms with E-state index in [0.29, 0.717) is 17.1 Å². The van der Waals surface area contributed by atoms with Crippen molar-refractivity contribution < 1.29 is 14.6 Å². The first-order chi connectivity index (χ1) is 9.58. The first-order valence-electron chi connectivity index (χ1n) is 6.23. The fraction of sp³-hybridized carbons (Fsp3) is 0.267. The second-order valence-electron chi connectivity index (χ2n) is 4.42. The average Bonchev–Trinajstić information content (AvgIpc) is 2.77. The molecule has 1 aromatic heterocycles. The van der Waals surface area contributed by atoms with Crippen LogP contribution in [-0.2, 0) is 11.3 Å². The molecule has 1 heterocycles. The van der Waals surface area contributed by atoms with Gasteiger partial charge in [0, 0.05) is 29.0 Å². The quantitative estimate of drug-likeness (QED) is 0.882. The molecule has 0 spiro atoms. The number of aromatic nitrogens is 1. The Morgan fingerprint density at radius 2 is 2.00 bits per heavy atom. The van der Waals surface area contributed by atoms with Gasteiger partial charge in [-0.3, -0.25) is 0 Å². The molecule has 2 rings (SSSR count). The molecule has 0 amide bonds. The maximum Gasteiger partial charge on any atom is 0.340 e. The normalized spacial score (nSPS) is 10.6. The predicted octanol–water partition coefficient (Wildman–Crippen LogP) is 2.90. The molecule has 0 aliphatic rings. The molecule has 0 aliphatic heterocycles. The average molecular weight is 294 g/mol. The largest absolute Gasteiger partial charge is 0.465 e. The zero-order valence-electron chi connectivity index (χ0n) is 11.4. The number of ether oxygens (including phenoxy) is 1. The van der Waals surface area contributed by atoms with Crippen molar-refractivity contribution >= 4 is 17.6 Å². The van der Waals surface area contributed by atoms with Crippen molar-refractivity contribution in [3.63, 3.8) is 0 Å². The Kier molecular flexibility index (Phi) is 4.47. The monoisotopic (exact) mass is 293 g/mol. The number of carbonyl (C=O) groups excluding carboxylic acids is 1. The Hall–Kier alpha value is -1.78. The van der Waals surface area contributed by atoms with Crippen LogP contribution in [0, 0.1) is 6.92 Å².